The van der Waals surface area contributed by atoms with Crippen LogP contribution in [0.4, 0.5) is 4.79 Å². The van der Waals surface area contributed by atoms with Crippen molar-refractivity contribution in [2.24, 2.45) is 11.8 Å². The standard InChI is InChI=1S/C13H24N2O3/c1-3-15(9-10(2)12(16)17)13(18)14-8-4-5-11-6-7-11/h10-11H,3-9H2,1-2H3,(H,14,18)(H,16,17). The number of aliphatic carboxylic acids is 1. The average Bonchev–Trinajstić information content (AvgIpc) is 3.14. The summed E-state index contributed by atoms with van der Waals surface area (Å²) in [6, 6.07) is -0.151. The van der Waals surface area contributed by atoms with Crippen molar-refractivity contribution < 1.29 is 14.7 Å². The lowest BCUT2D eigenvalue weighted by molar-refractivity contribution is -0.141. The number of carbonyl (C=O) groups excluding carboxylic acids is 1. The number of carboxylic acids is 1. The van der Waals surface area contributed by atoms with Gasteiger partial charge in [-0.25, -0.2) is 4.79 Å². The predicted molar refractivity (Wildman–Crippen MR) is 69.4 cm³/mol. The Balaban J connectivity index is 2.20. The van der Waals surface area contributed by atoms with Gasteiger partial charge in [0.1, 0.15) is 0 Å². The van der Waals surface area contributed by atoms with Crippen molar-refractivity contribution >= 4 is 12.0 Å². The van der Waals surface area contributed by atoms with E-state index in [2.05, 4.69) is 5.32 Å². The molecule has 0 saturated heterocycles. The normalized spacial score (nSPS) is 16.1. The van der Waals surface area contributed by atoms with Gasteiger partial charge in [-0.2, -0.15) is 0 Å². The molecular weight excluding hydrogens is 232 g/mol. The molecule has 1 aliphatic rings. The number of urea groups is 1. The molecule has 5 nitrogen and oxygen atoms in total. The van der Waals surface area contributed by atoms with Crippen LogP contribution in [-0.4, -0.2) is 41.6 Å². The van der Waals surface area contributed by atoms with Crippen LogP contribution in [0.2, 0.25) is 0 Å². The van der Waals surface area contributed by atoms with Crippen molar-refractivity contribution in [1.29, 1.82) is 0 Å². The molecular formula is C13H24N2O3. The first-order valence-corrected chi connectivity index (χ1v) is 6.80. The smallest absolute Gasteiger partial charge is 0.317 e. The van der Waals surface area contributed by atoms with Crippen molar-refractivity contribution in [1.82, 2.24) is 10.2 Å². The van der Waals surface area contributed by atoms with E-state index in [1.807, 2.05) is 6.92 Å². The van der Waals surface area contributed by atoms with Gasteiger partial charge in [0.15, 0.2) is 0 Å². The summed E-state index contributed by atoms with van der Waals surface area (Å²) >= 11 is 0. The molecule has 2 N–H and O–H groups in total. The first kappa shape index (κ1) is 14.8. The highest BCUT2D eigenvalue weighted by Crippen LogP contribution is 2.33. The van der Waals surface area contributed by atoms with E-state index in [1.165, 1.54) is 19.3 Å². The van der Waals surface area contributed by atoms with Gasteiger partial charge in [0.2, 0.25) is 0 Å². The zero-order valence-corrected chi connectivity index (χ0v) is 11.3. The minimum atomic E-state index is -0.866. The number of amides is 2. The Hall–Kier alpha value is -1.26. The van der Waals surface area contributed by atoms with E-state index >= 15 is 0 Å². The molecule has 0 aliphatic heterocycles. The molecule has 1 saturated carbocycles. The van der Waals surface area contributed by atoms with Gasteiger partial charge in [-0.05, 0) is 25.7 Å². The zero-order chi connectivity index (χ0) is 13.5. The summed E-state index contributed by atoms with van der Waals surface area (Å²) in [7, 11) is 0. The molecule has 1 atom stereocenters. The van der Waals surface area contributed by atoms with Crippen molar-refractivity contribution in [3.8, 4) is 0 Å². The maximum absolute atomic E-state index is 11.8. The van der Waals surface area contributed by atoms with E-state index in [0.717, 1.165) is 12.3 Å². The van der Waals surface area contributed by atoms with Crippen LogP contribution in [0.3, 0.4) is 0 Å². The Morgan fingerprint density at radius 2 is 2.11 bits per heavy atom. The lowest BCUT2D eigenvalue weighted by atomic mass is 10.2. The maximum Gasteiger partial charge on any atom is 0.317 e. The average molecular weight is 256 g/mol. The van der Waals surface area contributed by atoms with E-state index in [0.29, 0.717) is 13.1 Å². The lowest BCUT2D eigenvalue weighted by Gasteiger charge is -2.23. The second-order valence-electron chi connectivity index (χ2n) is 5.10. The van der Waals surface area contributed by atoms with Crippen molar-refractivity contribution in [2.75, 3.05) is 19.6 Å². The van der Waals surface area contributed by atoms with Gasteiger partial charge in [-0.15, -0.1) is 0 Å². The number of nitrogens with one attached hydrogen (secondary N) is 1. The highest BCUT2D eigenvalue weighted by Gasteiger charge is 2.21. The fourth-order valence-electron chi connectivity index (χ4n) is 1.87. The van der Waals surface area contributed by atoms with Gasteiger partial charge < -0.3 is 15.3 Å². The van der Waals surface area contributed by atoms with E-state index in [1.54, 1.807) is 11.8 Å². The monoisotopic (exact) mass is 256 g/mol. The third kappa shape index (κ3) is 5.38. The number of nitrogens with zero attached hydrogens (tertiary/aromatic N) is 1. The second kappa shape index (κ2) is 7.24. The van der Waals surface area contributed by atoms with Gasteiger partial charge >= 0.3 is 12.0 Å². The van der Waals surface area contributed by atoms with E-state index in [4.69, 9.17) is 5.11 Å². The third-order valence-corrected chi connectivity index (χ3v) is 3.35. The van der Waals surface area contributed by atoms with Crippen LogP contribution in [0.5, 0.6) is 0 Å². The molecule has 0 heterocycles. The second-order valence-corrected chi connectivity index (χ2v) is 5.10. The van der Waals surface area contributed by atoms with Crippen LogP contribution in [0.1, 0.15) is 39.5 Å². The largest absolute Gasteiger partial charge is 0.481 e. The molecule has 0 spiro atoms. The number of carbonyl (C=O) groups is 2. The molecule has 0 aromatic heterocycles. The minimum absolute atomic E-state index is 0.151. The lowest BCUT2D eigenvalue weighted by Crippen LogP contribution is -2.43. The predicted octanol–water partition coefficient (Wildman–Crippen LogP) is 1.93. The number of hydrogen-bond donors (Lipinski definition) is 2. The zero-order valence-electron chi connectivity index (χ0n) is 11.3. The number of rotatable bonds is 8. The van der Waals surface area contributed by atoms with Crippen LogP contribution in [0.25, 0.3) is 0 Å². The van der Waals surface area contributed by atoms with Gasteiger partial charge in [0, 0.05) is 19.6 Å². The maximum atomic E-state index is 11.8. The van der Waals surface area contributed by atoms with E-state index in [9.17, 15) is 9.59 Å². The molecule has 5 heteroatoms. The summed E-state index contributed by atoms with van der Waals surface area (Å²) in [6.07, 6.45) is 4.89. The molecule has 1 unspecified atom stereocenters. The van der Waals surface area contributed by atoms with Crippen molar-refractivity contribution in [2.45, 2.75) is 39.5 Å². The minimum Gasteiger partial charge on any atom is -0.481 e. The summed E-state index contributed by atoms with van der Waals surface area (Å²) in [4.78, 5) is 24.1. The fourth-order valence-corrected chi connectivity index (χ4v) is 1.87. The Bertz CT molecular complexity index is 290. The van der Waals surface area contributed by atoms with Crippen LogP contribution in [0, 0.1) is 11.8 Å². The molecule has 0 aromatic rings. The van der Waals surface area contributed by atoms with E-state index < -0.39 is 11.9 Å². The highest BCUT2D eigenvalue weighted by atomic mass is 16.4. The van der Waals surface area contributed by atoms with Gasteiger partial charge in [0.25, 0.3) is 0 Å². The topological polar surface area (TPSA) is 69.6 Å². The van der Waals surface area contributed by atoms with Gasteiger partial charge in [-0.1, -0.05) is 19.8 Å². The number of carboxylic acid groups (broad SMARTS) is 1. The SMILES string of the molecule is CCN(CC(C)C(=O)O)C(=O)NCCCC1CC1. The van der Waals surface area contributed by atoms with Gasteiger partial charge in [0.05, 0.1) is 5.92 Å². The first-order valence-electron chi connectivity index (χ1n) is 6.80. The Morgan fingerprint density at radius 3 is 2.61 bits per heavy atom. The Morgan fingerprint density at radius 1 is 1.44 bits per heavy atom. The number of hydrogen-bond acceptors (Lipinski definition) is 2. The molecule has 0 aromatic carbocycles. The fraction of sp³-hybridized carbons (Fsp3) is 0.846. The van der Waals surface area contributed by atoms with Crippen molar-refractivity contribution in [3.63, 3.8) is 0 Å². The third-order valence-electron chi connectivity index (χ3n) is 3.35. The molecule has 1 fully saturated rings. The van der Waals surface area contributed by atoms with Crippen LogP contribution >= 0.6 is 0 Å². The van der Waals surface area contributed by atoms with Gasteiger partial charge in [-0.3, -0.25) is 4.79 Å². The Labute approximate surface area is 109 Å². The van der Waals surface area contributed by atoms with Crippen molar-refractivity contribution in [3.05, 3.63) is 0 Å². The molecule has 2 amide bonds. The summed E-state index contributed by atoms with van der Waals surface area (Å²) in [5.74, 6) is -0.506. The molecule has 1 aliphatic carbocycles. The quantitative estimate of drug-likeness (QED) is 0.652. The summed E-state index contributed by atoms with van der Waals surface area (Å²) in [5, 5.41) is 11.7. The van der Waals surface area contributed by atoms with Crippen LogP contribution < -0.4 is 5.32 Å². The molecule has 0 radical (unpaired) electrons. The summed E-state index contributed by atoms with van der Waals surface area (Å²) in [5.41, 5.74) is 0. The first-order chi connectivity index (χ1) is 8.54. The molecule has 1 rings (SSSR count). The van der Waals surface area contributed by atoms with E-state index in [-0.39, 0.29) is 12.6 Å². The van der Waals surface area contributed by atoms with Crippen LogP contribution in [-0.2, 0) is 4.79 Å². The van der Waals surface area contributed by atoms with Crippen LogP contribution in [0.15, 0.2) is 0 Å². The molecule has 104 valence electrons. The summed E-state index contributed by atoms with van der Waals surface area (Å²) < 4.78 is 0. The highest BCUT2D eigenvalue weighted by molar-refractivity contribution is 5.75. The molecule has 18 heavy (non-hydrogen) atoms. The Kier molecular flexibility index (Phi) is 5.95. The summed E-state index contributed by atoms with van der Waals surface area (Å²) in [6.45, 7) is 4.96. The molecule has 0 bridgehead atoms.